The lowest BCUT2D eigenvalue weighted by Gasteiger charge is -2.44. The van der Waals surface area contributed by atoms with E-state index >= 15 is 0 Å². The maximum atomic E-state index is 13.0. The first-order chi connectivity index (χ1) is 17.8. The molecule has 0 N–H and O–H groups in total. The van der Waals surface area contributed by atoms with Crippen LogP contribution in [0, 0.1) is 11.8 Å². The fourth-order valence-corrected chi connectivity index (χ4v) is 10.7. The first-order valence-corrected chi connectivity index (χ1v) is 14.9. The molecule has 0 radical (unpaired) electrons. The molecule has 2 aliphatic rings. The molecule has 192 valence electrons. The molecular formula is C31H34O5Si. The summed E-state index contributed by atoms with van der Waals surface area (Å²) in [6.45, 7) is 7.11. The average Bonchev–Trinajstić information content (AvgIpc) is 3.41. The molecule has 1 aliphatic heterocycles. The summed E-state index contributed by atoms with van der Waals surface area (Å²) in [6.07, 6.45) is 0.214. The standard InChI is InChI=1S/C31H34O5Si/c1-31(2,3)37(23-15-9-5-10-16-23,24-17-11-6-12-18-24)34-21-26-25-19-29(32)35-27(25)20-28(26)36-30(33)22-13-7-4-8-14-22/h4-18,25-28H,19-21H2,1-3H3/t25-,26-,27+,28-/m0/s1. The topological polar surface area (TPSA) is 61.8 Å². The molecule has 5 nitrogen and oxygen atoms in total. The van der Waals surface area contributed by atoms with E-state index in [4.69, 9.17) is 13.9 Å². The normalized spacial score (nSPS) is 23.4. The van der Waals surface area contributed by atoms with Gasteiger partial charge in [0.25, 0.3) is 8.32 Å². The Balaban J connectivity index is 1.48. The first-order valence-electron chi connectivity index (χ1n) is 13.0. The third-order valence-electron chi connectivity index (χ3n) is 7.83. The molecule has 6 heteroatoms. The van der Waals surface area contributed by atoms with Crippen LogP contribution in [0.15, 0.2) is 91.0 Å². The van der Waals surface area contributed by atoms with Crippen LogP contribution in [0.2, 0.25) is 5.04 Å². The van der Waals surface area contributed by atoms with Crippen molar-refractivity contribution in [2.45, 2.75) is 50.9 Å². The van der Waals surface area contributed by atoms with Crippen molar-refractivity contribution in [2.24, 2.45) is 11.8 Å². The van der Waals surface area contributed by atoms with Gasteiger partial charge in [0.1, 0.15) is 12.2 Å². The first kappa shape index (κ1) is 25.4. The van der Waals surface area contributed by atoms with Gasteiger partial charge in [0.05, 0.1) is 12.0 Å². The molecule has 0 aromatic heterocycles. The highest BCUT2D eigenvalue weighted by molar-refractivity contribution is 6.99. The quantitative estimate of drug-likeness (QED) is 0.337. The van der Waals surface area contributed by atoms with Crippen molar-refractivity contribution < 1.29 is 23.5 Å². The van der Waals surface area contributed by atoms with Gasteiger partial charge in [0.15, 0.2) is 0 Å². The van der Waals surface area contributed by atoms with Crippen LogP contribution < -0.4 is 10.4 Å². The van der Waals surface area contributed by atoms with Crippen molar-refractivity contribution in [3.05, 3.63) is 96.6 Å². The van der Waals surface area contributed by atoms with E-state index in [2.05, 4.69) is 69.3 Å². The van der Waals surface area contributed by atoms with Gasteiger partial charge in [-0.1, -0.05) is 99.6 Å². The molecule has 37 heavy (non-hydrogen) atoms. The molecular weight excluding hydrogens is 480 g/mol. The van der Waals surface area contributed by atoms with Gasteiger partial charge in [-0.15, -0.1) is 0 Å². The summed E-state index contributed by atoms with van der Waals surface area (Å²) >= 11 is 0. The highest BCUT2D eigenvalue weighted by atomic mass is 28.4. The predicted molar refractivity (Wildman–Crippen MR) is 145 cm³/mol. The number of rotatable bonds is 7. The zero-order chi connectivity index (χ0) is 26.0. The van der Waals surface area contributed by atoms with Crippen molar-refractivity contribution in [1.82, 2.24) is 0 Å². The second-order valence-corrected chi connectivity index (χ2v) is 15.4. The Hall–Kier alpha value is -3.22. The van der Waals surface area contributed by atoms with Crippen LogP contribution in [0.5, 0.6) is 0 Å². The maximum absolute atomic E-state index is 13.0. The summed E-state index contributed by atoms with van der Waals surface area (Å²) in [5.74, 6) is -0.698. The summed E-state index contributed by atoms with van der Waals surface area (Å²) in [5, 5.41) is 2.21. The number of benzene rings is 3. The molecule has 5 rings (SSSR count). The second kappa shape index (κ2) is 10.3. The molecule has 0 spiro atoms. The monoisotopic (exact) mass is 514 g/mol. The molecule has 2 fully saturated rings. The van der Waals surface area contributed by atoms with Crippen LogP contribution in [-0.4, -0.2) is 39.1 Å². The summed E-state index contributed by atoms with van der Waals surface area (Å²) in [6, 6.07) is 30.0. The minimum absolute atomic E-state index is 0.0284. The molecule has 3 aromatic rings. The summed E-state index contributed by atoms with van der Waals surface area (Å²) in [4.78, 5) is 25.2. The number of hydrogen-bond acceptors (Lipinski definition) is 5. The van der Waals surface area contributed by atoms with E-state index in [9.17, 15) is 9.59 Å². The number of ether oxygens (including phenoxy) is 2. The fraction of sp³-hybridized carbons (Fsp3) is 0.355. The Bertz CT molecular complexity index is 1180. The van der Waals surface area contributed by atoms with Crippen LogP contribution in [-0.2, 0) is 18.7 Å². The van der Waals surface area contributed by atoms with Gasteiger partial charge in [0, 0.05) is 24.9 Å². The fourth-order valence-electron chi connectivity index (χ4n) is 6.09. The molecule has 0 amide bonds. The van der Waals surface area contributed by atoms with E-state index in [0.717, 1.165) is 0 Å². The molecule has 3 aromatic carbocycles. The highest BCUT2D eigenvalue weighted by Gasteiger charge is 2.55. The molecule has 1 saturated heterocycles. The van der Waals surface area contributed by atoms with E-state index in [0.29, 0.717) is 25.0 Å². The van der Waals surface area contributed by atoms with Crippen molar-refractivity contribution in [2.75, 3.05) is 6.61 Å². The number of carbonyl (C=O) groups excluding carboxylic acids is 2. The van der Waals surface area contributed by atoms with E-state index in [-0.39, 0.29) is 41.0 Å². The van der Waals surface area contributed by atoms with Crippen LogP contribution >= 0.6 is 0 Å². The van der Waals surface area contributed by atoms with Crippen LogP contribution in [0.3, 0.4) is 0 Å². The number of esters is 2. The molecule has 1 aliphatic carbocycles. The zero-order valence-electron chi connectivity index (χ0n) is 21.6. The van der Waals surface area contributed by atoms with Gasteiger partial charge in [0.2, 0.25) is 0 Å². The van der Waals surface area contributed by atoms with E-state index in [1.807, 2.05) is 30.3 Å². The van der Waals surface area contributed by atoms with E-state index < -0.39 is 8.32 Å². The van der Waals surface area contributed by atoms with Crippen LogP contribution in [0.25, 0.3) is 0 Å². The van der Waals surface area contributed by atoms with Gasteiger partial charge >= 0.3 is 11.9 Å². The minimum atomic E-state index is -2.78. The van der Waals surface area contributed by atoms with Crippen molar-refractivity contribution in [1.29, 1.82) is 0 Å². The molecule has 1 heterocycles. The molecule has 0 unspecified atom stereocenters. The third-order valence-corrected chi connectivity index (χ3v) is 12.8. The Kier molecular flexibility index (Phi) is 7.06. The second-order valence-electron chi connectivity index (χ2n) is 11.1. The SMILES string of the molecule is CC(C)(C)[Si](OC[C@H]1[C@@H]2CC(=O)O[C@@H]2C[C@@H]1OC(=O)c1ccccc1)(c1ccccc1)c1ccccc1. The Morgan fingerprint density at radius 2 is 1.43 bits per heavy atom. The third kappa shape index (κ3) is 4.88. The van der Waals surface area contributed by atoms with Crippen molar-refractivity contribution in [3.63, 3.8) is 0 Å². The predicted octanol–water partition coefficient (Wildman–Crippen LogP) is 4.74. The maximum Gasteiger partial charge on any atom is 0.338 e. The Morgan fingerprint density at radius 3 is 1.97 bits per heavy atom. The lowest BCUT2D eigenvalue weighted by Crippen LogP contribution is -2.67. The number of carbonyl (C=O) groups is 2. The summed E-state index contributed by atoms with van der Waals surface area (Å²) < 4.78 is 18.9. The van der Waals surface area contributed by atoms with Crippen LogP contribution in [0.1, 0.15) is 44.0 Å². The molecule has 1 saturated carbocycles. The lowest BCUT2D eigenvalue weighted by molar-refractivity contribution is -0.141. The number of hydrogen-bond donors (Lipinski definition) is 0. The number of fused-ring (bicyclic) bond motifs is 1. The van der Waals surface area contributed by atoms with Gasteiger partial charge in [-0.2, -0.15) is 0 Å². The summed E-state index contributed by atoms with van der Waals surface area (Å²) in [5.41, 5.74) is 0.517. The summed E-state index contributed by atoms with van der Waals surface area (Å²) in [7, 11) is -2.78. The van der Waals surface area contributed by atoms with Gasteiger partial charge < -0.3 is 13.9 Å². The van der Waals surface area contributed by atoms with E-state index in [1.165, 1.54) is 10.4 Å². The van der Waals surface area contributed by atoms with E-state index in [1.54, 1.807) is 12.1 Å². The molecule has 0 bridgehead atoms. The smallest absolute Gasteiger partial charge is 0.338 e. The van der Waals surface area contributed by atoms with Crippen LogP contribution in [0.4, 0.5) is 0 Å². The van der Waals surface area contributed by atoms with Gasteiger partial charge in [-0.05, 0) is 27.5 Å². The zero-order valence-corrected chi connectivity index (χ0v) is 22.6. The average molecular weight is 515 g/mol. The Labute approximate surface area is 219 Å². The highest BCUT2D eigenvalue weighted by Crippen LogP contribution is 2.45. The minimum Gasteiger partial charge on any atom is -0.462 e. The largest absolute Gasteiger partial charge is 0.462 e. The van der Waals surface area contributed by atoms with Gasteiger partial charge in [-0.3, -0.25) is 4.79 Å². The Morgan fingerprint density at radius 1 is 0.892 bits per heavy atom. The van der Waals surface area contributed by atoms with Crippen molar-refractivity contribution in [3.8, 4) is 0 Å². The lowest BCUT2D eigenvalue weighted by atomic mass is 9.93. The van der Waals surface area contributed by atoms with Gasteiger partial charge in [-0.25, -0.2) is 4.79 Å². The van der Waals surface area contributed by atoms with Crippen molar-refractivity contribution >= 4 is 30.6 Å². The molecule has 4 atom stereocenters.